The number of hydrogen-bond acceptors (Lipinski definition) is 3. The lowest BCUT2D eigenvalue weighted by molar-refractivity contribution is 0.0658. The number of furan rings is 1. The summed E-state index contributed by atoms with van der Waals surface area (Å²) in [6.45, 7) is 1.81. The Morgan fingerprint density at radius 2 is 2.11 bits per heavy atom. The molecule has 104 valence electrons. The van der Waals surface area contributed by atoms with Crippen LogP contribution in [0, 0.1) is 5.92 Å². The number of nitrogens with zero attached hydrogens (tertiary/aromatic N) is 1. The highest BCUT2D eigenvalue weighted by atomic mass is 16.4. The first-order valence-electron chi connectivity index (χ1n) is 7.29. The smallest absolute Gasteiger partial charge is 0.372 e. The van der Waals surface area contributed by atoms with E-state index in [2.05, 4.69) is 4.90 Å². The highest BCUT2D eigenvalue weighted by molar-refractivity contribution is 5.86. The Labute approximate surface area is 113 Å². The molecular formula is C15H21NO3. The summed E-state index contributed by atoms with van der Waals surface area (Å²) in [5, 5.41) is 9.09. The fourth-order valence-electron chi connectivity index (χ4n) is 3.79. The zero-order valence-electron chi connectivity index (χ0n) is 11.2. The van der Waals surface area contributed by atoms with Gasteiger partial charge in [0.1, 0.15) is 0 Å². The maximum Gasteiger partial charge on any atom is 0.372 e. The molecule has 1 saturated heterocycles. The van der Waals surface area contributed by atoms with E-state index in [1.54, 1.807) is 6.07 Å². The molecule has 2 fully saturated rings. The maximum absolute atomic E-state index is 11.1. The van der Waals surface area contributed by atoms with Gasteiger partial charge < -0.3 is 9.52 Å². The molecule has 0 bridgehead atoms. The molecule has 4 nitrogen and oxygen atoms in total. The Morgan fingerprint density at radius 1 is 1.32 bits per heavy atom. The standard InChI is InChI=1S/C15H21NO3/c17-15(18)14-12(7-9-19-14)10-16-8-3-6-13(16)11-4-1-2-5-11/h7,9,11,13H,1-6,8,10H2,(H,17,18). The van der Waals surface area contributed by atoms with Gasteiger partial charge in [-0.3, -0.25) is 4.90 Å². The first-order chi connectivity index (χ1) is 9.25. The molecule has 0 aromatic carbocycles. The van der Waals surface area contributed by atoms with Crippen LogP contribution in [0.2, 0.25) is 0 Å². The number of carboxylic acid groups (broad SMARTS) is 1. The van der Waals surface area contributed by atoms with Crippen molar-refractivity contribution in [3.05, 3.63) is 23.7 Å². The van der Waals surface area contributed by atoms with E-state index in [0.717, 1.165) is 24.6 Å². The second kappa shape index (κ2) is 5.37. The minimum atomic E-state index is -0.961. The van der Waals surface area contributed by atoms with E-state index in [9.17, 15) is 4.79 Å². The molecule has 1 N–H and O–H groups in total. The Balaban J connectivity index is 1.71. The van der Waals surface area contributed by atoms with Gasteiger partial charge in [0.15, 0.2) is 0 Å². The molecule has 0 spiro atoms. The van der Waals surface area contributed by atoms with E-state index < -0.39 is 5.97 Å². The summed E-state index contributed by atoms with van der Waals surface area (Å²) >= 11 is 0. The minimum absolute atomic E-state index is 0.108. The van der Waals surface area contributed by atoms with Crippen LogP contribution in [0.3, 0.4) is 0 Å². The molecule has 2 heterocycles. The van der Waals surface area contributed by atoms with Crippen LogP contribution < -0.4 is 0 Å². The van der Waals surface area contributed by atoms with Crippen LogP contribution in [0.25, 0.3) is 0 Å². The van der Waals surface area contributed by atoms with E-state index in [-0.39, 0.29) is 5.76 Å². The third-order valence-electron chi connectivity index (χ3n) is 4.67. The number of hydrogen-bond donors (Lipinski definition) is 1. The Kier molecular flexibility index (Phi) is 3.60. The normalized spacial score (nSPS) is 25.2. The van der Waals surface area contributed by atoms with Crippen LogP contribution in [-0.4, -0.2) is 28.6 Å². The first kappa shape index (κ1) is 12.7. The quantitative estimate of drug-likeness (QED) is 0.906. The van der Waals surface area contributed by atoms with Crippen molar-refractivity contribution in [2.45, 2.75) is 51.1 Å². The van der Waals surface area contributed by atoms with Gasteiger partial charge in [0, 0.05) is 18.2 Å². The van der Waals surface area contributed by atoms with Gasteiger partial charge in [-0.05, 0) is 44.2 Å². The number of likely N-dealkylation sites (tertiary alicyclic amines) is 1. The van der Waals surface area contributed by atoms with Crippen LogP contribution in [-0.2, 0) is 6.54 Å². The lowest BCUT2D eigenvalue weighted by atomic mass is 9.96. The van der Waals surface area contributed by atoms with Crippen molar-refractivity contribution in [3.8, 4) is 0 Å². The summed E-state index contributed by atoms with van der Waals surface area (Å²) in [4.78, 5) is 13.5. The molecule has 1 aromatic heterocycles. The molecular weight excluding hydrogens is 242 g/mol. The summed E-state index contributed by atoms with van der Waals surface area (Å²) < 4.78 is 5.07. The summed E-state index contributed by atoms with van der Waals surface area (Å²) in [6, 6.07) is 2.45. The largest absolute Gasteiger partial charge is 0.475 e. The zero-order valence-corrected chi connectivity index (χ0v) is 11.2. The summed E-state index contributed by atoms with van der Waals surface area (Å²) in [7, 11) is 0. The summed E-state index contributed by atoms with van der Waals surface area (Å²) in [5.74, 6) is -0.0311. The molecule has 1 aliphatic heterocycles. The van der Waals surface area contributed by atoms with Crippen LogP contribution in [0.4, 0.5) is 0 Å². The molecule has 4 heteroatoms. The van der Waals surface area contributed by atoms with Crippen molar-refractivity contribution in [3.63, 3.8) is 0 Å². The molecule has 1 unspecified atom stereocenters. The van der Waals surface area contributed by atoms with E-state index in [0.29, 0.717) is 6.04 Å². The summed E-state index contributed by atoms with van der Waals surface area (Å²) in [5.41, 5.74) is 0.817. The van der Waals surface area contributed by atoms with Gasteiger partial charge in [0.2, 0.25) is 5.76 Å². The molecule has 1 atom stereocenters. The lowest BCUT2D eigenvalue weighted by Gasteiger charge is -2.29. The van der Waals surface area contributed by atoms with Crippen molar-refractivity contribution < 1.29 is 14.3 Å². The number of rotatable bonds is 4. The number of aromatic carboxylic acids is 1. The van der Waals surface area contributed by atoms with Gasteiger partial charge in [0.25, 0.3) is 0 Å². The van der Waals surface area contributed by atoms with Gasteiger partial charge in [-0.2, -0.15) is 0 Å². The minimum Gasteiger partial charge on any atom is -0.475 e. The van der Waals surface area contributed by atoms with Crippen molar-refractivity contribution in [1.29, 1.82) is 0 Å². The highest BCUT2D eigenvalue weighted by Crippen LogP contribution is 2.36. The van der Waals surface area contributed by atoms with E-state index >= 15 is 0 Å². The Bertz CT molecular complexity index is 448. The topological polar surface area (TPSA) is 53.7 Å². The maximum atomic E-state index is 11.1. The van der Waals surface area contributed by atoms with Crippen LogP contribution in [0.15, 0.2) is 16.7 Å². The molecule has 0 amide bonds. The molecule has 0 radical (unpaired) electrons. The van der Waals surface area contributed by atoms with Crippen molar-refractivity contribution in [1.82, 2.24) is 4.90 Å². The van der Waals surface area contributed by atoms with Gasteiger partial charge in [-0.25, -0.2) is 4.79 Å². The molecule has 3 rings (SSSR count). The van der Waals surface area contributed by atoms with Crippen LogP contribution in [0.5, 0.6) is 0 Å². The van der Waals surface area contributed by atoms with Crippen LogP contribution in [0.1, 0.15) is 54.6 Å². The van der Waals surface area contributed by atoms with Gasteiger partial charge in [-0.1, -0.05) is 12.8 Å². The lowest BCUT2D eigenvalue weighted by Crippen LogP contribution is -2.34. The summed E-state index contributed by atoms with van der Waals surface area (Å²) in [6.07, 6.45) is 9.41. The SMILES string of the molecule is O=C(O)c1occc1CN1CCCC1C1CCCC1. The Hall–Kier alpha value is -1.29. The van der Waals surface area contributed by atoms with E-state index in [4.69, 9.17) is 9.52 Å². The fourth-order valence-corrected chi connectivity index (χ4v) is 3.79. The van der Waals surface area contributed by atoms with Gasteiger partial charge >= 0.3 is 5.97 Å². The zero-order chi connectivity index (χ0) is 13.2. The van der Waals surface area contributed by atoms with Crippen molar-refractivity contribution in [2.75, 3.05) is 6.54 Å². The molecule has 19 heavy (non-hydrogen) atoms. The average Bonchev–Trinajstić information content (AvgIpc) is 3.09. The van der Waals surface area contributed by atoms with Crippen LogP contribution >= 0.6 is 0 Å². The van der Waals surface area contributed by atoms with Gasteiger partial charge in [0.05, 0.1) is 6.26 Å². The number of carbonyl (C=O) groups is 1. The molecule has 2 aliphatic rings. The van der Waals surface area contributed by atoms with Gasteiger partial charge in [-0.15, -0.1) is 0 Å². The third-order valence-corrected chi connectivity index (χ3v) is 4.67. The molecule has 1 aliphatic carbocycles. The van der Waals surface area contributed by atoms with E-state index in [1.165, 1.54) is 44.8 Å². The predicted molar refractivity (Wildman–Crippen MR) is 71.1 cm³/mol. The van der Waals surface area contributed by atoms with E-state index in [1.807, 2.05) is 0 Å². The Morgan fingerprint density at radius 3 is 2.84 bits per heavy atom. The molecule has 1 saturated carbocycles. The second-order valence-corrected chi connectivity index (χ2v) is 5.80. The second-order valence-electron chi connectivity index (χ2n) is 5.80. The highest BCUT2D eigenvalue weighted by Gasteiger charge is 2.33. The van der Waals surface area contributed by atoms with Crippen molar-refractivity contribution >= 4 is 5.97 Å². The number of carboxylic acids is 1. The third kappa shape index (κ3) is 2.54. The first-order valence-corrected chi connectivity index (χ1v) is 7.29. The average molecular weight is 263 g/mol. The predicted octanol–water partition coefficient (Wildman–Crippen LogP) is 3.13. The fraction of sp³-hybridized carbons (Fsp3) is 0.667. The molecule has 1 aromatic rings. The van der Waals surface area contributed by atoms with Crippen molar-refractivity contribution in [2.24, 2.45) is 5.92 Å². The monoisotopic (exact) mass is 263 g/mol.